The smallest absolute Gasteiger partial charge is 0.271 e. The first-order valence-corrected chi connectivity index (χ1v) is 7.20. The van der Waals surface area contributed by atoms with E-state index in [0.29, 0.717) is 15.8 Å². The van der Waals surface area contributed by atoms with Gasteiger partial charge in [-0.05, 0) is 17.7 Å². The van der Waals surface area contributed by atoms with E-state index in [2.05, 4.69) is 15.6 Å². The van der Waals surface area contributed by atoms with Crippen LogP contribution in [0, 0.1) is 0 Å². The van der Waals surface area contributed by atoms with E-state index in [-0.39, 0.29) is 12.5 Å². The van der Waals surface area contributed by atoms with Crippen molar-refractivity contribution in [1.29, 1.82) is 0 Å². The summed E-state index contributed by atoms with van der Waals surface area (Å²) in [5, 5.41) is 18.0. The fourth-order valence-electron chi connectivity index (χ4n) is 1.65. The third-order valence-electron chi connectivity index (χ3n) is 2.71. The van der Waals surface area contributed by atoms with Gasteiger partial charge in [0.05, 0.1) is 12.6 Å². The van der Waals surface area contributed by atoms with Crippen LogP contribution in [0.15, 0.2) is 29.6 Å². The summed E-state index contributed by atoms with van der Waals surface area (Å²) in [5.74, 6) is -0.322. The van der Waals surface area contributed by atoms with Crippen LogP contribution >= 0.6 is 22.9 Å². The van der Waals surface area contributed by atoms with E-state index in [9.17, 15) is 9.90 Å². The predicted octanol–water partition coefficient (Wildman–Crippen LogP) is 2.30. The van der Waals surface area contributed by atoms with E-state index in [1.54, 1.807) is 36.7 Å². The number of carbonyl (C=O) groups excluding carboxylic acids is 1. The molecule has 0 radical (unpaired) electrons. The normalized spacial score (nSPS) is 11.9. The van der Waals surface area contributed by atoms with Gasteiger partial charge in [0.2, 0.25) is 0 Å². The molecule has 2 rings (SSSR count). The first-order chi connectivity index (χ1) is 9.63. The lowest BCUT2D eigenvalue weighted by Gasteiger charge is -2.16. The van der Waals surface area contributed by atoms with Crippen LogP contribution in [-0.2, 0) is 0 Å². The molecule has 1 aromatic heterocycles. The Kier molecular flexibility index (Phi) is 4.94. The summed E-state index contributed by atoms with van der Waals surface area (Å²) in [4.78, 5) is 16.2. The molecule has 7 heteroatoms. The minimum Gasteiger partial charge on any atom is -0.394 e. The highest BCUT2D eigenvalue weighted by Crippen LogP contribution is 2.18. The number of thiazole rings is 1. The Balaban J connectivity index is 2.09. The van der Waals surface area contributed by atoms with Gasteiger partial charge in [0.1, 0.15) is 5.69 Å². The highest BCUT2D eigenvalue weighted by molar-refractivity contribution is 7.13. The van der Waals surface area contributed by atoms with Crippen LogP contribution in [0.25, 0.3) is 0 Å². The molecule has 20 heavy (non-hydrogen) atoms. The van der Waals surface area contributed by atoms with Crippen LogP contribution in [0.3, 0.4) is 0 Å². The van der Waals surface area contributed by atoms with Gasteiger partial charge in [0, 0.05) is 17.5 Å². The monoisotopic (exact) mass is 311 g/mol. The molecule has 1 amide bonds. The topological polar surface area (TPSA) is 74.2 Å². The summed E-state index contributed by atoms with van der Waals surface area (Å²) >= 11 is 7.16. The molecule has 1 aromatic carbocycles. The molecule has 106 valence electrons. The third kappa shape index (κ3) is 3.47. The highest BCUT2D eigenvalue weighted by atomic mass is 35.5. The van der Waals surface area contributed by atoms with Crippen LogP contribution in [0.1, 0.15) is 22.1 Å². The molecule has 3 N–H and O–H groups in total. The van der Waals surface area contributed by atoms with E-state index >= 15 is 0 Å². The van der Waals surface area contributed by atoms with E-state index in [1.165, 1.54) is 11.3 Å². The first-order valence-electron chi connectivity index (χ1n) is 5.94. The Morgan fingerprint density at radius 2 is 2.15 bits per heavy atom. The van der Waals surface area contributed by atoms with Crippen LogP contribution in [0.5, 0.6) is 0 Å². The zero-order valence-corrected chi connectivity index (χ0v) is 12.3. The molecule has 1 unspecified atom stereocenters. The Morgan fingerprint density at radius 3 is 2.70 bits per heavy atom. The molecule has 0 spiro atoms. The minimum atomic E-state index is -0.487. The SMILES string of the molecule is CNc1nc(C(=O)NC(CO)c2ccc(Cl)cc2)cs1. The summed E-state index contributed by atoms with van der Waals surface area (Å²) < 4.78 is 0. The average Bonchev–Trinajstić information content (AvgIpc) is 2.94. The van der Waals surface area contributed by atoms with Crippen LogP contribution in [0.4, 0.5) is 5.13 Å². The summed E-state index contributed by atoms with van der Waals surface area (Å²) in [5.41, 5.74) is 1.11. The number of rotatable bonds is 5. The molecule has 0 saturated heterocycles. The van der Waals surface area contributed by atoms with Crippen molar-refractivity contribution in [3.63, 3.8) is 0 Å². The maximum atomic E-state index is 12.1. The lowest BCUT2D eigenvalue weighted by Crippen LogP contribution is -2.31. The summed E-state index contributed by atoms with van der Waals surface area (Å²) in [6, 6.07) is 6.48. The number of nitrogens with one attached hydrogen (secondary N) is 2. The lowest BCUT2D eigenvalue weighted by atomic mass is 10.1. The number of anilines is 1. The van der Waals surface area contributed by atoms with Crippen molar-refractivity contribution in [3.8, 4) is 0 Å². The summed E-state index contributed by atoms with van der Waals surface area (Å²) in [6.45, 7) is -0.198. The van der Waals surface area contributed by atoms with Gasteiger partial charge < -0.3 is 15.7 Å². The maximum absolute atomic E-state index is 12.1. The number of hydrogen-bond acceptors (Lipinski definition) is 5. The Morgan fingerprint density at radius 1 is 1.45 bits per heavy atom. The molecular formula is C13H14ClN3O2S. The fourth-order valence-corrected chi connectivity index (χ4v) is 2.43. The fraction of sp³-hybridized carbons (Fsp3) is 0.231. The summed E-state index contributed by atoms with van der Waals surface area (Å²) in [6.07, 6.45) is 0. The molecule has 0 aliphatic carbocycles. The molecule has 0 fully saturated rings. The van der Waals surface area contributed by atoms with Crippen molar-refractivity contribution in [2.75, 3.05) is 19.0 Å². The number of carbonyl (C=O) groups is 1. The van der Waals surface area contributed by atoms with Crippen molar-refractivity contribution in [2.45, 2.75) is 6.04 Å². The van der Waals surface area contributed by atoms with Crippen molar-refractivity contribution in [3.05, 3.63) is 45.9 Å². The first kappa shape index (κ1) is 14.8. The zero-order valence-electron chi connectivity index (χ0n) is 10.8. The number of aliphatic hydroxyl groups is 1. The van der Waals surface area contributed by atoms with Crippen molar-refractivity contribution in [2.24, 2.45) is 0 Å². The van der Waals surface area contributed by atoms with E-state index in [4.69, 9.17) is 11.6 Å². The average molecular weight is 312 g/mol. The summed E-state index contributed by atoms with van der Waals surface area (Å²) in [7, 11) is 1.74. The van der Waals surface area contributed by atoms with E-state index in [1.807, 2.05) is 0 Å². The second kappa shape index (κ2) is 6.69. The number of halogens is 1. The minimum absolute atomic E-state index is 0.198. The largest absolute Gasteiger partial charge is 0.394 e. The molecular weight excluding hydrogens is 298 g/mol. The van der Waals surface area contributed by atoms with Crippen molar-refractivity contribution in [1.82, 2.24) is 10.3 Å². The van der Waals surface area contributed by atoms with Crippen LogP contribution < -0.4 is 10.6 Å². The van der Waals surface area contributed by atoms with E-state index < -0.39 is 6.04 Å². The van der Waals surface area contributed by atoms with Gasteiger partial charge in [-0.2, -0.15) is 0 Å². The van der Waals surface area contributed by atoms with Crippen molar-refractivity contribution < 1.29 is 9.90 Å². The molecule has 5 nitrogen and oxygen atoms in total. The number of benzene rings is 1. The van der Waals surface area contributed by atoms with Gasteiger partial charge in [-0.25, -0.2) is 4.98 Å². The number of amides is 1. The number of nitrogens with zero attached hydrogens (tertiary/aromatic N) is 1. The zero-order chi connectivity index (χ0) is 14.5. The van der Waals surface area contributed by atoms with Crippen molar-refractivity contribution >= 4 is 34.0 Å². The Hall–Kier alpha value is -1.63. The molecule has 0 saturated carbocycles. The van der Waals surface area contributed by atoms with Gasteiger partial charge >= 0.3 is 0 Å². The molecule has 2 aromatic rings. The number of hydrogen-bond donors (Lipinski definition) is 3. The van der Waals surface area contributed by atoms with Gasteiger partial charge in [-0.3, -0.25) is 4.79 Å². The molecule has 0 aliphatic rings. The number of aromatic nitrogens is 1. The second-order valence-corrected chi connectivity index (χ2v) is 5.34. The van der Waals surface area contributed by atoms with Crippen LogP contribution in [0.2, 0.25) is 5.02 Å². The second-order valence-electron chi connectivity index (χ2n) is 4.05. The van der Waals surface area contributed by atoms with Gasteiger partial charge in [-0.1, -0.05) is 23.7 Å². The molecule has 1 heterocycles. The predicted molar refractivity (Wildman–Crippen MR) is 80.4 cm³/mol. The highest BCUT2D eigenvalue weighted by Gasteiger charge is 2.17. The van der Waals surface area contributed by atoms with Gasteiger partial charge in [-0.15, -0.1) is 11.3 Å². The standard InChI is InChI=1S/C13H14ClN3O2S/c1-15-13-17-11(7-20-13)12(19)16-10(6-18)8-2-4-9(14)5-3-8/h2-5,7,10,18H,6H2,1H3,(H,15,17)(H,16,19). The Labute approximate surface area is 125 Å². The molecule has 0 bridgehead atoms. The molecule has 0 aliphatic heterocycles. The van der Waals surface area contributed by atoms with Gasteiger partial charge in [0.25, 0.3) is 5.91 Å². The lowest BCUT2D eigenvalue weighted by molar-refractivity contribution is 0.0912. The quantitative estimate of drug-likeness (QED) is 0.792. The van der Waals surface area contributed by atoms with Gasteiger partial charge in [0.15, 0.2) is 5.13 Å². The van der Waals surface area contributed by atoms with Crippen LogP contribution in [-0.4, -0.2) is 29.7 Å². The number of aliphatic hydroxyl groups excluding tert-OH is 1. The van der Waals surface area contributed by atoms with E-state index in [0.717, 1.165) is 5.56 Å². The molecule has 1 atom stereocenters. The maximum Gasteiger partial charge on any atom is 0.271 e. The third-order valence-corrected chi connectivity index (χ3v) is 3.82. The Bertz CT molecular complexity index is 586.